The van der Waals surface area contributed by atoms with Crippen molar-refractivity contribution < 1.29 is 23.5 Å². The molecule has 0 unspecified atom stereocenters. The van der Waals surface area contributed by atoms with Crippen LogP contribution in [0.1, 0.15) is 56.5 Å². The van der Waals surface area contributed by atoms with Gasteiger partial charge in [-0.3, -0.25) is 0 Å². The van der Waals surface area contributed by atoms with Crippen molar-refractivity contribution in [2.75, 3.05) is 25.5 Å². The van der Waals surface area contributed by atoms with Crippen molar-refractivity contribution in [3.8, 4) is 0 Å². The van der Waals surface area contributed by atoms with Crippen LogP contribution < -0.4 is 5.32 Å². The lowest BCUT2D eigenvalue weighted by Crippen LogP contribution is -2.44. The molecule has 0 aliphatic carbocycles. The number of halogens is 1. The molecule has 1 atom stereocenters. The Kier molecular flexibility index (Phi) is 6.91. The van der Waals surface area contributed by atoms with Crippen LogP contribution in [0.15, 0.2) is 12.1 Å². The van der Waals surface area contributed by atoms with Crippen molar-refractivity contribution in [1.82, 2.24) is 4.90 Å². The van der Waals surface area contributed by atoms with E-state index in [0.29, 0.717) is 30.3 Å². The molecule has 1 aromatic carbocycles. The summed E-state index contributed by atoms with van der Waals surface area (Å²) in [6, 6.07) is 2.87. The highest BCUT2D eigenvalue weighted by molar-refractivity contribution is 5.90. The molecular weight excluding hydrogens is 363 g/mol. The normalized spacial score (nSPS) is 16.5. The first kappa shape index (κ1) is 22.0. The van der Waals surface area contributed by atoms with Crippen LogP contribution in [0.3, 0.4) is 0 Å². The molecule has 6 nitrogen and oxygen atoms in total. The second-order valence-electron chi connectivity index (χ2n) is 8.36. The number of ether oxygens (including phenoxy) is 2. The summed E-state index contributed by atoms with van der Waals surface area (Å²) >= 11 is 0. The molecule has 1 fully saturated rings. The molecular formula is C21H31FN2O4. The van der Waals surface area contributed by atoms with Gasteiger partial charge >= 0.3 is 12.1 Å². The van der Waals surface area contributed by atoms with Gasteiger partial charge in [0.2, 0.25) is 0 Å². The number of carbonyl (C=O) groups is 2. The van der Waals surface area contributed by atoms with Crippen LogP contribution in [0, 0.1) is 18.7 Å². The highest BCUT2D eigenvalue weighted by Gasteiger charge is 2.29. The molecule has 28 heavy (non-hydrogen) atoms. The van der Waals surface area contributed by atoms with Crippen LogP contribution in [0.2, 0.25) is 0 Å². The number of amides is 1. The maximum atomic E-state index is 14.2. The minimum atomic E-state index is -0.569. The molecule has 0 bridgehead atoms. The number of piperidine rings is 1. The fourth-order valence-corrected chi connectivity index (χ4v) is 3.34. The first-order chi connectivity index (χ1) is 13.0. The summed E-state index contributed by atoms with van der Waals surface area (Å²) in [6.45, 7) is 10.5. The standard InChI is InChI=1S/C21H31FN2O4/c1-13-17(22)11-16(19(25)27-6)12-18(13)23-14(2)15-7-9-24(10-8-15)20(26)28-21(3,4)5/h11-12,14-15,23H,7-10H2,1-6H3/t14-/m0/s1. The maximum Gasteiger partial charge on any atom is 0.410 e. The molecule has 0 radical (unpaired) electrons. The third-order valence-corrected chi connectivity index (χ3v) is 5.05. The lowest BCUT2D eigenvalue weighted by atomic mass is 9.90. The Labute approximate surface area is 166 Å². The molecule has 0 spiro atoms. The first-order valence-corrected chi connectivity index (χ1v) is 9.64. The van der Waals surface area contributed by atoms with Gasteiger partial charge in [0.15, 0.2) is 0 Å². The summed E-state index contributed by atoms with van der Waals surface area (Å²) in [7, 11) is 1.27. The average Bonchev–Trinajstić information content (AvgIpc) is 2.63. The highest BCUT2D eigenvalue weighted by atomic mass is 19.1. The van der Waals surface area contributed by atoms with Gasteiger partial charge in [-0.05, 0) is 65.5 Å². The van der Waals surface area contributed by atoms with E-state index in [2.05, 4.69) is 5.32 Å². The van der Waals surface area contributed by atoms with Crippen LogP contribution in [-0.2, 0) is 9.47 Å². The molecule has 1 aliphatic rings. The van der Waals surface area contributed by atoms with Gasteiger partial charge in [-0.15, -0.1) is 0 Å². The number of anilines is 1. The number of benzene rings is 1. The zero-order valence-electron chi connectivity index (χ0n) is 17.6. The summed E-state index contributed by atoms with van der Waals surface area (Å²) < 4.78 is 24.3. The summed E-state index contributed by atoms with van der Waals surface area (Å²) in [6.07, 6.45) is 1.37. The molecule has 156 valence electrons. The Hall–Kier alpha value is -2.31. The van der Waals surface area contributed by atoms with E-state index >= 15 is 0 Å². The molecule has 1 aromatic rings. The van der Waals surface area contributed by atoms with Gasteiger partial charge in [0.1, 0.15) is 11.4 Å². The van der Waals surface area contributed by atoms with E-state index in [1.165, 1.54) is 13.2 Å². The Bertz CT molecular complexity index is 722. The monoisotopic (exact) mass is 394 g/mol. The van der Waals surface area contributed by atoms with Gasteiger partial charge in [-0.25, -0.2) is 14.0 Å². The number of hydrogen-bond donors (Lipinski definition) is 1. The van der Waals surface area contributed by atoms with Crippen LogP contribution in [0.25, 0.3) is 0 Å². The molecule has 1 heterocycles. The minimum absolute atomic E-state index is 0.0618. The number of esters is 1. The van der Waals surface area contributed by atoms with Gasteiger partial charge in [0, 0.05) is 30.4 Å². The van der Waals surface area contributed by atoms with E-state index in [1.54, 1.807) is 17.9 Å². The number of rotatable bonds is 4. The Balaban J connectivity index is 1.99. The topological polar surface area (TPSA) is 67.9 Å². The molecule has 2 rings (SSSR count). The number of likely N-dealkylation sites (tertiary alicyclic amines) is 1. The quantitative estimate of drug-likeness (QED) is 0.768. The van der Waals surface area contributed by atoms with Crippen molar-refractivity contribution >= 4 is 17.7 Å². The number of hydrogen-bond acceptors (Lipinski definition) is 5. The predicted molar refractivity (Wildman–Crippen MR) is 106 cm³/mol. The molecule has 1 amide bonds. The van der Waals surface area contributed by atoms with Gasteiger partial charge < -0.3 is 19.7 Å². The van der Waals surface area contributed by atoms with E-state index in [4.69, 9.17) is 9.47 Å². The van der Waals surface area contributed by atoms with Gasteiger partial charge in [0.05, 0.1) is 12.7 Å². The van der Waals surface area contributed by atoms with Gasteiger partial charge in [-0.2, -0.15) is 0 Å². The van der Waals surface area contributed by atoms with Crippen molar-refractivity contribution in [2.24, 2.45) is 5.92 Å². The molecule has 1 N–H and O–H groups in total. The van der Waals surface area contributed by atoms with E-state index < -0.39 is 17.4 Å². The zero-order chi connectivity index (χ0) is 21.1. The van der Waals surface area contributed by atoms with Crippen LogP contribution in [-0.4, -0.2) is 48.8 Å². The fourth-order valence-electron chi connectivity index (χ4n) is 3.34. The Morgan fingerprint density at radius 1 is 1.25 bits per heavy atom. The van der Waals surface area contributed by atoms with E-state index in [-0.39, 0.29) is 17.7 Å². The molecule has 7 heteroatoms. The SMILES string of the molecule is COC(=O)c1cc(F)c(C)c(N[C@@H](C)C2CCN(C(=O)OC(C)(C)C)CC2)c1. The third-order valence-electron chi connectivity index (χ3n) is 5.05. The summed E-state index contributed by atoms with van der Waals surface area (Å²) in [4.78, 5) is 25.7. The molecule has 1 saturated heterocycles. The van der Waals surface area contributed by atoms with E-state index in [1.807, 2.05) is 27.7 Å². The average molecular weight is 394 g/mol. The van der Waals surface area contributed by atoms with Gasteiger partial charge in [-0.1, -0.05) is 0 Å². The van der Waals surface area contributed by atoms with E-state index in [9.17, 15) is 14.0 Å². The maximum absolute atomic E-state index is 14.2. The second-order valence-corrected chi connectivity index (χ2v) is 8.36. The molecule has 1 aliphatic heterocycles. The highest BCUT2D eigenvalue weighted by Crippen LogP contribution is 2.27. The lowest BCUT2D eigenvalue weighted by Gasteiger charge is -2.36. The van der Waals surface area contributed by atoms with Crippen molar-refractivity contribution in [3.05, 3.63) is 29.1 Å². The predicted octanol–water partition coefficient (Wildman–Crippen LogP) is 4.37. The zero-order valence-corrected chi connectivity index (χ0v) is 17.6. The fraction of sp³-hybridized carbons (Fsp3) is 0.619. The summed E-state index contributed by atoms with van der Waals surface area (Å²) in [5.74, 6) is -0.694. The molecule has 0 saturated carbocycles. The molecule has 0 aromatic heterocycles. The number of methoxy groups -OCH3 is 1. The third kappa shape index (κ3) is 5.59. The summed E-state index contributed by atoms with van der Waals surface area (Å²) in [5.41, 5.74) is 0.725. The van der Waals surface area contributed by atoms with Crippen molar-refractivity contribution in [2.45, 2.75) is 59.1 Å². The number of nitrogens with one attached hydrogen (secondary N) is 1. The van der Waals surface area contributed by atoms with Crippen LogP contribution in [0.5, 0.6) is 0 Å². The van der Waals surface area contributed by atoms with Crippen LogP contribution in [0.4, 0.5) is 14.9 Å². The van der Waals surface area contributed by atoms with Gasteiger partial charge in [0.25, 0.3) is 0 Å². The summed E-state index contributed by atoms with van der Waals surface area (Å²) in [5, 5.41) is 3.34. The minimum Gasteiger partial charge on any atom is -0.465 e. The Morgan fingerprint density at radius 3 is 2.39 bits per heavy atom. The van der Waals surface area contributed by atoms with Crippen LogP contribution >= 0.6 is 0 Å². The first-order valence-electron chi connectivity index (χ1n) is 9.64. The van der Waals surface area contributed by atoms with Crippen molar-refractivity contribution in [3.63, 3.8) is 0 Å². The second kappa shape index (κ2) is 8.80. The number of nitrogens with zero attached hydrogens (tertiary/aromatic N) is 1. The smallest absolute Gasteiger partial charge is 0.410 e. The van der Waals surface area contributed by atoms with E-state index in [0.717, 1.165) is 12.8 Å². The largest absolute Gasteiger partial charge is 0.465 e. The Morgan fingerprint density at radius 2 is 1.86 bits per heavy atom. The number of carbonyl (C=O) groups excluding carboxylic acids is 2. The lowest BCUT2D eigenvalue weighted by molar-refractivity contribution is 0.0179. The van der Waals surface area contributed by atoms with Crippen molar-refractivity contribution in [1.29, 1.82) is 0 Å².